The number of likely N-dealkylation sites (N-methyl/N-ethyl adjacent to an activating group) is 1. The van der Waals surface area contributed by atoms with Gasteiger partial charge in [-0.3, -0.25) is 14.5 Å². The Morgan fingerprint density at radius 2 is 1.94 bits per heavy atom. The highest BCUT2D eigenvalue weighted by Crippen LogP contribution is 2.39. The van der Waals surface area contributed by atoms with Crippen molar-refractivity contribution in [3.05, 3.63) is 39.5 Å². The number of nitrogens with zero attached hydrogens (tertiary/aromatic N) is 3. The Bertz CT molecular complexity index is 1030. The van der Waals surface area contributed by atoms with Gasteiger partial charge < -0.3 is 34.9 Å². The number of carboxylic acids is 2. The number of hydrogen-bond acceptors (Lipinski definition) is 8. The fourth-order valence-corrected chi connectivity index (χ4v) is 4.88. The van der Waals surface area contributed by atoms with Crippen LogP contribution in [0, 0.1) is 0 Å². The van der Waals surface area contributed by atoms with Gasteiger partial charge in [0, 0.05) is 17.4 Å². The first-order valence-corrected chi connectivity index (χ1v) is 10.1. The van der Waals surface area contributed by atoms with Crippen LogP contribution in [0.2, 0.25) is 0 Å². The van der Waals surface area contributed by atoms with Crippen LogP contribution in [0.25, 0.3) is 0 Å². The largest absolute Gasteiger partial charge is 0.543 e. The molecule has 1 aromatic heterocycles. The monoisotopic (exact) mass is 510 g/mol. The zero-order chi connectivity index (χ0) is 22.4. The van der Waals surface area contributed by atoms with Crippen LogP contribution in [0.1, 0.15) is 10.5 Å². The van der Waals surface area contributed by atoms with Gasteiger partial charge in [0.05, 0.1) is 45.0 Å². The third-order valence-corrected chi connectivity index (χ3v) is 6.53. The van der Waals surface area contributed by atoms with E-state index in [0.29, 0.717) is 17.9 Å². The van der Waals surface area contributed by atoms with Crippen molar-refractivity contribution in [2.45, 2.75) is 18.0 Å². The Morgan fingerprint density at radius 1 is 1.31 bits per heavy atom. The Hall–Kier alpha value is -2.25. The van der Waals surface area contributed by atoms with Crippen LogP contribution in [0.15, 0.2) is 28.3 Å². The van der Waals surface area contributed by atoms with E-state index in [1.54, 1.807) is 0 Å². The molecule has 2 aliphatic rings. The average molecular weight is 511 g/mol. The molecule has 0 unspecified atom stereocenters. The number of carboxylic acid groups (broad SMARTS) is 2. The Labute approximate surface area is 199 Å². The zero-order valence-electron chi connectivity index (χ0n) is 17.2. The standard InChI is InChI=1S/C18H22N4O7S.2ClH/c1-22(2,4-3-20-6-12(24)11(23)5-10(20)17(26)27)7-9-8-30-16-13(19)15(25)21(16)14(9)18(28)29;;/h5-6,13,16H,3-4,7-8,19H2,1-2H3,(H2-,24,26,27,28,29);2*1H/t13-,16+;;/m1../s1. The zero-order valence-corrected chi connectivity index (χ0v) is 19.7. The highest BCUT2D eigenvalue weighted by atomic mass is 35.5. The third kappa shape index (κ3) is 5.21. The van der Waals surface area contributed by atoms with Crippen molar-refractivity contribution >= 4 is 54.4 Å². The number of carbonyl (C=O) groups is 3. The molecule has 1 aromatic rings. The topological polar surface area (TPSA) is 166 Å². The lowest BCUT2D eigenvalue weighted by Crippen LogP contribution is -2.69. The summed E-state index contributed by atoms with van der Waals surface area (Å²) in [6.07, 6.45) is 1.07. The van der Waals surface area contributed by atoms with Crippen LogP contribution >= 0.6 is 36.6 Å². The number of hydrogen-bond donors (Lipinski definition) is 3. The number of thioether (sulfide) groups is 1. The number of fused-ring (bicyclic) bond motifs is 1. The molecule has 0 aromatic carbocycles. The van der Waals surface area contributed by atoms with Gasteiger partial charge in [-0.25, -0.2) is 4.79 Å². The molecular weight excluding hydrogens is 487 g/mol. The molecule has 2 atom stereocenters. The number of β-lactam (4-membered cyclic amide) rings is 1. The molecule has 0 spiro atoms. The first kappa shape index (κ1) is 27.8. The molecule has 2 aliphatic heterocycles. The van der Waals surface area contributed by atoms with Gasteiger partial charge >= 0.3 is 5.97 Å². The number of rotatable bonds is 7. The molecule has 1 amide bonds. The molecule has 0 bridgehead atoms. The van der Waals surface area contributed by atoms with E-state index in [2.05, 4.69) is 0 Å². The van der Waals surface area contributed by atoms with Gasteiger partial charge in [-0.05, 0) is 0 Å². The van der Waals surface area contributed by atoms with Crippen LogP contribution in [0.5, 0.6) is 5.75 Å². The van der Waals surface area contributed by atoms with E-state index in [-0.39, 0.29) is 53.8 Å². The van der Waals surface area contributed by atoms with E-state index in [4.69, 9.17) is 5.73 Å². The first-order valence-electron chi connectivity index (χ1n) is 9.05. The van der Waals surface area contributed by atoms with E-state index in [1.807, 2.05) is 14.1 Å². The van der Waals surface area contributed by atoms with Gasteiger partial charge in [-0.2, -0.15) is 0 Å². The van der Waals surface area contributed by atoms with Gasteiger partial charge in [0.2, 0.25) is 11.3 Å². The lowest BCUT2D eigenvalue weighted by molar-refractivity contribution is -0.886. The molecule has 1 saturated heterocycles. The Balaban J connectivity index is 0.00000256. The molecule has 0 saturated carbocycles. The van der Waals surface area contributed by atoms with E-state index >= 15 is 0 Å². The minimum absolute atomic E-state index is 0. The predicted octanol–water partition coefficient (Wildman–Crippen LogP) is -1.58. The van der Waals surface area contributed by atoms with E-state index in [0.717, 1.165) is 12.3 Å². The van der Waals surface area contributed by atoms with Crippen molar-refractivity contribution in [1.29, 1.82) is 0 Å². The summed E-state index contributed by atoms with van der Waals surface area (Å²) < 4.78 is 1.52. The van der Waals surface area contributed by atoms with Crippen molar-refractivity contribution in [3.8, 4) is 5.75 Å². The number of pyridine rings is 1. The highest BCUT2D eigenvalue weighted by Gasteiger charge is 2.50. The molecule has 4 N–H and O–H groups in total. The van der Waals surface area contributed by atoms with Crippen molar-refractivity contribution in [2.75, 3.05) is 32.9 Å². The lowest BCUT2D eigenvalue weighted by Gasteiger charge is -2.50. The summed E-state index contributed by atoms with van der Waals surface area (Å²) in [5.41, 5.74) is 5.08. The average Bonchev–Trinajstić information content (AvgIpc) is 2.66. The van der Waals surface area contributed by atoms with Crippen LogP contribution < -0.4 is 16.3 Å². The first-order chi connectivity index (χ1) is 13.9. The second kappa shape index (κ2) is 10.1. The Morgan fingerprint density at radius 3 is 2.50 bits per heavy atom. The fourth-order valence-electron chi connectivity index (χ4n) is 3.60. The summed E-state index contributed by atoms with van der Waals surface area (Å²) in [6.45, 7) is 0.782. The summed E-state index contributed by atoms with van der Waals surface area (Å²) in [7, 11) is 3.65. The minimum atomic E-state index is -1.44. The van der Waals surface area contributed by atoms with Crippen molar-refractivity contribution in [1.82, 2.24) is 9.47 Å². The van der Waals surface area contributed by atoms with Gasteiger partial charge in [0.25, 0.3) is 0 Å². The third-order valence-electron chi connectivity index (χ3n) is 5.17. The number of quaternary nitrogens is 1. The lowest BCUT2D eigenvalue weighted by atomic mass is 10.0. The predicted molar refractivity (Wildman–Crippen MR) is 119 cm³/mol. The van der Waals surface area contributed by atoms with E-state index in [1.165, 1.54) is 21.2 Å². The molecule has 11 nitrogen and oxygen atoms in total. The number of aromatic carboxylic acids is 1. The van der Waals surface area contributed by atoms with Crippen molar-refractivity contribution in [3.63, 3.8) is 0 Å². The van der Waals surface area contributed by atoms with Crippen LogP contribution in [-0.2, 0) is 16.1 Å². The van der Waals surface area contributed by atoms with Crippen LogP contribution in [-0.4, -0.2) is 86.4 Å². The summed E-state index contributed by atoms with van der Waals surface area (Å²) in [4.78, 5) is 47.9. The maximum absolute atomic E-state index is 12.0. The molecule has 3 heterocycles. The van der Waals surface area contributed by atoms with Gasteiger partial charge in [0.15, 0.2) is 5.75 Å². The number of aromatic hydroxyl groups is 1. The molecule has 0 aliphatic carbocycles. The Kier molecular flexibility index (Phi) is 8.80. The SMILES string of the molecule is C[N+](C)(CCn1cc(O)c(=O)cc1C(=O)O)CC1=C(C(=O)[O-])N2C(=O)[C@@H](N)[C@@H]2SC1.Cl.Cl. The van der Waals surface area contributed by atoms with Gasteiger partial charge in [0.1, 0.15) is 23.7 Å². The van der Waals surface area contributed by atoms with Crippen LogP contribution in [0.3, 0.4) is 0 Å². The second-order valence-electron chi connectivity index (χ2n) is 7.90. The van der Waals surface area contributed by atoms with Crippen LogP contribution in [0.4, 0.5) is 0 Å². The summed E-state index contributed by atoms with van der Waals surface area (Å²) in [6, 6.07) is 0.126. The smallest absolute Gasteiger partial charge is 0.352 e. The maximum atomic E-state index is 12.0. The van der Waals surface area contributed by atoms with Gasteiger partial charge in [-0.15, -0.1) is 36.6 Å². The molecule has 0 radical (unpaired) electrons. The highest BCUT2D eigenvalue weighted by molar-refractivity contribution is 8.00. The number of aliphatic carboxylic acids is 1. The number of halogens is 2. The molecule has 3 rings (SSSR count). The second-order valence-corrected chi connectivity index (χ2v) is 9.00. The number of aromatic nitrogens is 1. The quantitative estimate of drug-likeness (QED) is 0.289. The number of carbonyl (C=O) groups excluding carboxylic acids is 2. The van der Waals surface area contributed by atoms with E-state index < -0.39 is 40.4 Å². The number of nitrogens with two attached hydrogens (primary N) is 1. The maximum Gasteiger partial charge on any atom is 0.352 e. The molecular formula is C18H24Cl2N4O7S. The molecule has 178 valence electrons. The summed E-state index contributed by atoms with van der Waals surface area (Å²) in [5, 5.41) is 30.2. The van der Waals surface area contributed by atoms with Gasteiger partial charge in [-0.1, -0.05) is 0 Å². The molecule has 1 fully saturated rings. The molecule has 14 heteroatoms. The molecule has 32 heavy (non-hydrogen) atoms. The van der Waals surface area contributed by atoms with E-state index in [9.17, 15) is 34.5 Å². The van der Waals surface area contributed by atoms with Crippen molar-refractivity contribution in [2.24, 2.45) is 5.73 Å². The fraction of sp³-hybridized carbons (Fsp3) is 0.444. The summed E-state index contributed by atoms with van der Waals surface area (Å²) >= 11 is 1.39. The minimum Gasteiger partial charge on any atom is -0.543 e. The summed E-state index contributed by atoms with van der Waals surface area (Å²) in [5.74, 6) is -3.37. The van der Waals surface area contributed by atoms with Crippen molar-refractivity contribution < 1.29 is 34.2 Å². The number of amides is 1. The normalized spacial score (nSPS) is 20.0.